The van der Waals surface area contributed by atoms with Gasteiger partial charge in [0.1, 0.15) is 10.7 Å². The van der Waals surface area contributed by atoms with E-state index in [9.17, 15) is 9.59 Å². The molecular formula is C13H17N5O3S2. The fourth-order valence-electron chi connectivity index (χ4n) is 1.58. The molecule has 2 N–H and O–H groups in total. The number of aromatic nitrogens is 4. The van der Waals surface area contributed by atoms with Crippen LogP contribution in [0.25, 0.3) is 0 Å². The first-order valence-electron chi connectivity index (χ1n) is 6.85. The van der Waals surface area contributed by atoms with Gasteiger partial charge in [-0.05, 0) is 27.7 Å². The number of nitrogens with zero attached hydrogens (tertiary/aromatic N) is 3. The third-order valence-electron chi connectivity index (χ3n) is 2.48. The summed E-state index contributed by atoms with van der Waals surface area (Å²) < 4.78 is 5.14. The normalized spacial score (nSPS) is 10.8. The lowest BCUT2D eigenvalue weighted by Gasteiger charge is -2.05. The van der Waals surface area contributed by atoms with Crippen LogP contribution in [0.2, 0.25) is 0 Å². The van der Waals surface area contributed by atoms with Crippen molar-refractivity contribution in [3.05, 3.63) is 16.4 Å². The second-order valence-electron chi connectivity index (χ2n) is 4.93. The number of hydrogen-bond acceptors (Lipinski definition) is 8. The van der Waals surface area contributed by atoms with Gasteiger partial charge in [-0.2, -0.15) is 0 Å². The van der Waals surface area contributed by atoms with E-state index in [1.54, 1.807) is 27.7 Å². The maximum Gasteiger partial charge on any atom is 0.350 e. The molecular weight excluding hydrogens is 338 g/mol. The van der Waals surface area contributed by atoms with Crippen LogP contribution in [0.1, 0.15) is 35.0 Å². The molecule has 1 amide bonds. The number of ether oxygens (including phenoxy) is 1. The molecule has 23 heavy (non-hydrogen) atoms. The van der Waals surface area contributed by atoms with Crippen molar-refractivity contribution in [2.75, 3.05) is 11.1 Å². The summed E-state index contributed by atoms with van der Waals surface area (Å²) in [5.41, 5.74) is 0.535. The first-order valence-corrected chi connectivity index (χ1v) is 8.65. The van der Waals surface area contributed by atoms with Crippen molar-refractivity contribution in [2.24, 2.45) is 0 Å². The Hall–Kier alpha value is -1.94. The Labute approximate surface area is 141 Å². The topological polar surface area (TPSA) is 110 Å². The lowest BCUT2D eigenvalue weighted by Crippen LogP contribution is -2.13. The first kappa shape index (κ1) is 17.4. The van der Waals surface area contributed by atoms with Gasteiger partial charge in [-0.15, -0.1) is 5.10 Å². The molecule has 0 saturated heterocycles. The van der Waals surface area contributed by atoms with Crippen LogP contribution in [-0.2, 0) is 9.53 Å². The SMILES string of the molecule is Cc1nc(SCC(=O)Nc2nc(C)c(C(=O)OC(C)C)s2)n[nH]1. The van der Waals surface area contributed by atoms with E-state index in [2.05, 4.69) is 25.5 Å². The molecule has 0 spiro atoms. The minimum Gasteiger partial charge on any atom is -0.459 e. The number of nitrogens with one attached hydrogen (secondary N) is 2. The Morgan fingerprint density at radius 1 is 1.35 bits per heavy atom. The van der Waals surface area contributed by atoms with Gasteiger partial charge in [-0.1, -0.05) is 23.1 Å². The predicted octanol–water partition coefficient (Wildman–Crippen LogP) is 2.17. The van der Waals surface area contributed by atoms with E-state index in [0.717, 1.165) is 11.3 Å². The molecule has 0 bridgehead atoms. The fraction of sp³-hybridized carbons (Fsp3) is 0.462. The van der Waals surface area contributed by atoms with E-state index in [1.165, 1.54) is 11.8 Å². The monoisotopic (exact) mass is 355 g/mol. The molecule has 0 fully saturated rings. The minimum atomic E-state index is -0.430. The molecule has 0 radical (unpaired) electrons. The highest BCUT2D eigenvalue weighted by Gasteiger charge is 2.19. The Morgan fingerprint density at radius 3 is 2.70 bits per heavy atom. The molecule has 0 aromatic carbocycles. The summed E-state index contributed by atoms with van der Waals surface area (Å²) in [6.07, 6.45) is -0.205. The minimum absolute atomic E-state index is 0.154. The van der Waals surface area contributed by atoms with Crippen LogP contribution in [0.5, 0.6) is 0 Å². The molecule has 10 heteroatoms. The number of carbonyl (C=O) groups is 2. The van der Waals surface area contributed by atoms with E-state index in [0.29, 0.717) is 26.7 Å². The first-order chi connectivity index (χ1) is 10.8. The maximum atomic E-state index is 11.9. The second-order valence-corrected chi connectivity index (χ2v) is 6.87. The average molecular weight is 355 g/mol. The molecule has 2 rings (SSSR count). The molecule has 0 saturated carbocycles. The van der Waals surface area contributed by atoms with E-state index in [-0.39, 0.29) is 17.8 Å². The van der Waals surface area contributed by atoms with Crippen molar-refractivity contribution in [1.29, 1.82) is 0 Å². The van der Waals surface area contributed by atoms with Gasteiger partial charge in [0.05, 0.1) is 17.6 Å². The molecule has 0 unspecified atom stereocenters. The highest BCUT2D eigenvalue weighted by Crippen LogP contribution is 2.24. The van der Waals surface area contributed by atoms with E-state index >= 15 is 0 Å². The van der Waals surface area contributed by atoms with Crippen molar-refractivity contribution in [3.63, 3.8) is 0 Å². The lowest BCUT2D eigenvalue weighted by atomic mass is 10.4. The van der Waals surface area contributed by atoms with Gasteiger partial charge >= 0.3 is 5.97 Å². The van der Waals surface area contributed by atoms with Crippen LogP contribution >= 0.6 is 23.1 Å². The van der Waals surface area contributed by atoms with Crippen LogP contribution in [0.15, 0.2) is 5.16 Å². The van der Waals surface area contributed by atoms with Crippen LogP contribution < -0.4 is 5.32 Å². The number of aromatic amines is 1. The van der Waals surface area contributed by atoms with Gasteiger partial charge in [0.25, 0.3) is 0 Å². The summed E-state index contributed by atoms with van der Waals surface area (Å²) in [5.74, 6) is 0.176. The number of thioether (sulfide) groups is 1. The highest BCUT2D eigenvalue weighted by atomic mass is 32.2. The molecule has 124 valence electrons. The number of esters is 1. The zero-order valence-electron chi connectivity index (χ0n) is 13.2. The number of thiazole rings is 1. The third kappa shape index (κ3) is 5.03. The van der Waals surface area contributed by atoms with Gasteiger partial charge < -0.3 is 10.1 Å². The van der Waals surface area contributed by atoms with Gasteiger partial charge in [0, 0.05) is 0 Å². The zero-order chi connectivity index (χ0) is 17.0. The average Bonchev–Trinajstić information content (AvgIpc) is 3.02. The smallest absolute Gasteiger partial charge is 0.350 e. The highest BCUT2D eigenvalue weighted by molar-refractivity contribution is 7.99. The quantitative estimate of drug-likeness (QED) is 0.603. The van der Waals surface area contributed by atoms with Crippen molar-refractivity contribution >= 4 is 40.1 Å². The number of amides is 1. The Morgan fingerprint density at radius 2 is 2.09 bits per heavy atom. The maximum absolute atomic E-state index is 11.9. The van der Waals surface area contributed by atoms with Crippen molar-refractivity contribution in [1.82, 2.24) is 20.2 Å². The standard InChI is InChI=1S/C13H17N5O3S2/c1-6(2)21-11(20)10-7(3)14-12(23-10)16-9(19)5-22-13-15-8(4)17-18-13/h6H,5H2,1-4H3,(H,14,16,19)(H,15,17,18). The number of anilines is 1. The molecule has 2 aromatic heterocycles. The lowest BCUT2D eigenvalue weighted by molar-refractivity contribution is -0.113. The fourth-order valence-corrected chi connectivity index (χ4v) is 3.09. The molecule has 0 atom stereocenters. The third-order valence-corrected chi connectivity index (χ3v) is 4.38. The molecule has 8 nitrogen and oxygen atoms in total. The van der Waals surface area contributed by atoms with E-state index < -0.39 is 5.97 Å². The van der Waals surface area contributed by atoms with Gasteiger partial charge in [-0.3, -0.25) is 9.89 Å². The summed E-state index contributed by atoms with van der Waals surface area (Å²) in [7, 11) is 0. The Balaban J connectivity index is 1.92. The molecule has 0 aliphatic rings. The van der Waals surface area contributed by atoms with Gasteiger partial charge in [0.2, 0.25) is 11.1 Å². The molecule has 0 aliphatic carbocycles. The number of rotatable bonds is 6. The van der Waals surface area contributed by atoms with Crippen LogP contribution in [-0.4, -0.2) is 43.9 Å². The van der Waals surface area contributed by atoms with Crippen molar-refractivity contribution < 1.29 is 14.3 Å². The van der Waals surface area contributed by atoms with E-state index in [4.69, 9.17) is 4.74 Å². The summed E-state index contributed by atoms with van der Waals surface area (Å²) in [6, 6.07) is 0. The van der Waals surface area contributed by atoms with E-state index in [1.807, 2.05) is 0 Å². The number of hydrogen-bond donors (Lipinski definition) is 2. The number of aryl methyl sites for hydroxylation is 2. The van der Waals surface area contributed by atoms with Crippen molar-refractivity contribution in [2.45, 2.75) is 39.0 Å². The van der Waals surface area contributed by atoms with Crippen LogP contribution in [0, 0.1) is 13.8 Å². The molecule has 0 aliphatic heterocycles. The zero-order valence-corrected chi connectivity index (χ0v) is 14.8. The summed E-state index contributed by atoms with van der Waals surface area (Å²) >= 11 is 2.31. The Bertz CT molecular complexity index is 710. The molecule has 2 aromatic rings. The predicted molar refractivity (Wildman–Crippen MR) is 87.9 cm³/mol. The van der Waals surface area contributed by atoms with Gasteiger partial charge in [0.15, 0.2) is 5.13 Å². The van der Waals surface area contributed by atoms with Crippen LogP contribution in [0.4, 0.5) is 5.13 Å². The largest absolute Gasteiger partial charge is 0.459 e. The summed E-state index contributed by atoms with van der Waals surface area (Å²) in [4.78, 5) is 32.5. The van der Waals surface area contributed by atoms with Crippen LogP contribution in [0.3, 0.4) is 0 Å². The van der Waals surface area contributed by atoms with Gasteiger partial charge in [-0.25, -0.2) is 14.8 Å². The Kier molecular flexibility index (Phi) is 5.72. The second kappa shape index (κ2) is 7.55. The number of H-pyrrole nitrogens is 1. The summed E-state index contributed by atoms with van der Waals surface area (Å²) in [6.45, 7) is 7.04. The van der Waals surface area contributed by atoms with Crippen molar-refractivity contribution in [3.8, 4) is 0 Å². The molecule has 2 heterocycles. The number of carbonyl (C=O) groups excluding carboxylic acids is 2. The summed E-state index contributed by atoms with van der Waals surface area (Å²) in [5, 5.41) is 10.2.